The molecule has 0 atom stereocenters. The molecule has 2 nitrogen and oxygen atoms in total. The lowest BCUT2D eigenvalue weighted by atomic mass is 9.63. The van der Waals surface area contributed by atoms with E-state index in [0.717, 1.165) is 16.8 Å². The Morgan fingerprint density at radius 2 is 1.57 bits per heavy atom. The highest BCUT2D eigenvalue weighted by molar-refractivity contribution is 6.36. The fraction of sp³-hybridized carbons (Fsp3) is 0.400. The number of hydrogen-bond acceptors (Lipinski definition) is 2. The lowest BCUT2D eigenvalue weighted by Crippen LogP contribution is -2.33. The van der Waals surface area contributed by atoms with Crippen molar-refractivity contribution in [3.8, 4) is 5.75 Å². The standard InChI is InChI=1S/C20H26BNO/c1-19(2)9-10-20(3,4)16-11-13(5-7-15(16)19)22-18-12-14(23)6-8-17(18)21/h5-8,11-12,22-23H,9-10,21H2,1-4H3. The summed E-state index contributed by atoms with van der Waals surface area (Å²) in [6.45, 7) is 9.36. The second kappa shape index (κ2) is 5.33. The lowest BCUT2D eigenvalue weighted by Gasteiger charge is -2.42. The summed E-state index contributed by atoms with van der Waals surface area (Å²) in [5.74, 6) is 0.289. The van der Waals surface area contributed by atoms with Gasteiger partial charge in [-0.25, -0.2) is 0 Å². The molecule has 0 fully saturated rings. The first-order valence-electron chi connectivity index (χ1n) is 8.41. The number of fused-ring (bicyclic) bond motifs is 1. The average Bonchev–Trinajstić information content (AvgIpc) is 2.48. The zero-order valence-corrected chi connectivity index (χ0v) is 14.8. The molecule has 0 saturated carbocycles. The van der Waals surface area contributed by atoms with Gasteiger partial charge in [-0.1, -0.05) is 45.3 Å². The van der Waals surface area contributed by atoms with Gasteiger partial charge in [-0.15, -0.1) is 0 Å². The Morgan fingerprint density at radius 3 is 2.26 bits per heavy atom. The van der Waals surface area contributed by atoms with Crippen LogP contribution < -0.4 is 10.8 Å². The van der Waals surface area contributed by atoms with Crippen molar-refractivity contribution in [3.05, 3.63) is 47.5 Å². The quantitative estimate of drug-likeness (QED) is 0.828. The minimum atomic E-state index is 0.205. The van der Waals surface area contributed by atoms with Crippen molar-refractivity contribution < 1.29 is 5.11 Å². The summed E-state index contributed by atoms with van der Waals surface area (Å²) in [6.07, 6.45) is 2.44. The third kappa shape index (κ3) is 2.97. The van der Waals surface area contributed by atoms with Crippen LogP contribution >= 0.6 is 0 Å². The van der Waals surface area contributed by atoms with Crippen molar-refractivity contribution in [3.63, 3.8) is 0 Å². The third-order valence-corrected chi connectivity index (χ3v) is 5.35. The van der Waals surface area contributed by atoms with Crippen LogP contribution in [0.25, 0.3) is 0 Å². The van der Waals surface area contributed by atoms with Gasteiger partial charge in [0, 0.05) is 17.4 Å². The van der Waals surface area contributed by atoms with Crippen LogP contribution in [0.1, 0.15) is 51.7 Å². The number of nitrogens with one attached hydrogen (secondary N) is 1. The Bertz CT molecular complexity index is 749. The fourth-order valence-electron chi connectivity index (χ4n) is 3.57. The van der Waals surface area contributed by atoms with Crippen LogP contribution in [0.2, 0.25) is 0 Å². The van der Waals surface area contributed by atoms with Crippen molar-refractivity contribution >= 4 is 24.7 Å². The van der Waals surface area contributed by atoms with E-state index in [4.69, 9.17) is 0 Å². The highest BCUT2D eigenvalue weighted by Gasteiger charge is 2.36. The lowest BCUT2D eigenvalue weighted by molar-refractivity contribution is 0.332. The molecule has 0 aromatic heterocycles. The largest absolute Gasteiger partial charge is 0.508 e. The molecule has 0 heterocycles. The molecular formula is C20H26BNO. The number of aromatic hydroxyl groups is 1. The monoisotopic (exact) mass is 307 g/mol. The molecule has 0 radical (unpaired) electrons. The van der Waals surface area contributed by atoms with Crippen molar-refractivity contribution in [2.24, 2.45) is 0 Å². The first-order valence-corrected chi connectivity index (χ1v) is 8.41. The van der Waals surface area contributed by atoms with E-state index in [1.165, 1.54) is 24.0 Å². The molecule has 0 saturated heterocycles. The number of phenolic OH excluding ortho intramolecular Hbond substituents is 1. The molecule has 23 heavy (non-hydrogen) atoms. The van der Waals surface area contributed by atoms with E-state index in [9.17, 15) is 5.11 Å². The molecule has 0 aliphatic heterocycles. The van der Waals surface area contributed by atoms with Gasteiger partial charge in [-0.05, 0) is 53.0 Å². The fourth-order valence-corrected chi connectivity index (χ4v) is 3.57. The Kier molecular flexibility index (Phi) is 3.70. The van der Waals surface area contributed by atoms with Gasteiger partial charge in [-0.3, -0.25) is 0 Å². The Morgan fingerprint density at radius 1 is 0.913 bits per heavy atom. The van der Waals surface area contributed by atoms with E-state index >= 15 is 0 Å². The molecule has 3 heteroatoms. The summed E-state index contributed by atoms with van der Waals surface area (Å²) in [5, 5.41) is 13.2. The second-order valence-electron chi connectivity index (χ2n) is 8.15. The molecule has 2 aromatic carbocycles. The zero-order chi connectivity index (χ0) is 16.8. The summed E-state index contributed by atoms with van der Waals surface area (Å²) in [7, 11) is 2.05. The van der Waals surface area contributed by atoms with Crippen LogP contribution in [0.5, 0.6) is 5.75 Å². The van der Waals surface area contributed by atoms with Crippen molar-refractivity contribution in [1.29, 1.82) is 0 Å². The van der Waals surface area contributed by atoms with Crippen LogP contribution in [0.3, 0.4) is 0 Å². The molecule has 2 aromatic rings. The minimum absolute atomic E-state index is 0.205. The Labute approximate surface area is 140 Å². The van der Waals surface area contributed by atoms with Gasteiger partial charge in [0.05, 0.1) is 0 Å². The molecular weight excluding hydrogens is 281 g/mol. The highest BCUT2D eigenvalue weighted by atomic mass is 16.3. The summed E-state index contributed by atoms with van der Waals surface area (Å²) in [6, 6.07) is 12.2. The molecule has 1 aliphatic carbocycles. The van der Waals surface area contributed by atoms with Gasteiger partial charge < -0.3 is 10.4 Å². The highest BCUT2D eigenvalue weighted by Crippen LogP contribution is 2.46. The van der Waals surface area contributed by atoms with Gasteiger partial charge in [0.2, 0.25) is 0 Å². The van der Waals surface area contributed by atoms with E-state index in [1.807, 2.05) is 13.9 Å². The molecule has 120 valence electrons. The van der Waals surface area contributed by atoms with Crippen LogP contribution in [0, 0.1) is 0 Å². The van der Waals surface area contributed by atoms with Gasteiger partial charge in [-0.2, -0.15) is 0 Å². The summed E-state index contributed by atoms with van der Waals surface area (Å²) in [4.78, 5) is 0. The van der Waals surface area contributed by atoms with E-state index < -0.39 is 0 Å². The van der Waals surface area contributed by atoms with Crippen LogP contribution in [0.4, 0.5) is 11.4 Å². The minimum Gasteiger partial charge on any atom is -0.508 e. The molecule has 2 N–H and O–H groups in total. The Balaban J connectivity index is 2.02. The molecule has 0 unspecified atom stereocenters. The molecule has 3 rings (SSSR count). The van der Waals surface area contributed by atoms with Crippen LogP contribution in [-0.2, 0) is 10.8 Å². The zero-order valence-electron chi connectivity index (χ0n) is 14.8. The third-order valence-electron chi connectivity index (χ3n) is 5.35. The van der Waals surface area contributed by atoms with Crippen molar-refractivity contribution in [2.75, 3.05) is 5.32 Å². The van der Waals surface area contributed by atoms with Crippen LogP contribution in [-0.4, -0.2) is 13.0 Å². The SMILES string of the molecule is Bc1ccc(O)cc1Nc1ccc2c(c1)C(C)(C)CCC2(C)C. The number of rotatable bonds is 2. The van der Waals surface area contributed by atoms with Crippen LogP contribution in [0.15, 0.2) is 36.4 Å². The molecule has 0 bridgehead atoms. The maximum Gasteiger partial charge on any atom is 0.142 e. The second-order valence-corrected chi connectivity index (χ2v) is 8.15. The first kappa shape index (κ1) is 16.0. The van der Waals surface area contributed by atoms with Gasteiger partial charge in [0.15, 0.2) is 0 Å². The Hall–Kier alpha value is -1.90. The summed E-state index contributed by atoms with van der Waals surface area (Å²) in [5.41, 5.74) is 6.52. The molecule has 0 spiro atoms. The number of phenols is 1. The maximum absolute atomic E-state index is 9.72. The maximum atomic E-state index is 9.72. The van der Waals surface area contributed by atoms with E-state index in [0.29, 0.717) is 0 Å². The van der Waals surface area contributed by atoms with Crippen molar-refractivity contribution in [2.45, 2.75) is 51.4 Å². The number of hydrogen-bond donors (Lipinski definition) is 2. The summed E-state index contributed by atoms with van der Waals surface area (Å²) < 4.78 is 0. The molecule has 1 aliphatic rings. The van der Waals surface area contributed by atoms with E-state index in [2.05, 4.69) is 51.2 Å². The van der Waals surface area contributed by atoms with E-state index in [-0.39, 0.29) is 16.6 Å². The number of anilines is 2. The molecule has 0 amide bonds. The predicted molar refractivity (Wildman–Crippen MR) is 101 cm³/mol. The predicted octanol–water partition coefficient (Wildman–Crippen LogP) is 3.74. The normalized spacial score (nSPS) is 18.3. The van der Waals surface area contributed by atoms with Gasteiger partial charge >= 0.3 is 0 Å². The smallest absolute Gasteiger partial charge is 0.142 e. The van der Waals surface area contributed by atoms with E-state index in [1.54, 1.807) is 12.1 Å². The van der Waals surface area contributed by atoms with Crippen molar-refractivity contribution in [1.82, 2.24) is 0 Å². The first-order chi connectivity index (χ1) is 10.7. The van der Waals surface area contributed by atoms with Gasteiger partial charge in [0.1, 0.15) is 13.6 Å². The number of benzene rings is 2. The van der Waals surface area contributed by atoms with Gasteiger partial charge in [0.25, 0.3) is 0 Å². The summed E-state index contributed by atoms with van der Waals surface area (Å²) >= 11 is 0. The topological polar surface area (TPSA) is 32.3 Å². The average molecular weight is 307 g/mol.